The van der Waals surface area contributed by atoms with E-state index in [4.69, 9.17) is 27.9 Å². The monoisotopic (exact) mass is 608 g/mol. The Hall–Kier alpha value is -3.82. The van der Waals surface area contributed by atoms with E-state index in [1.54, 1.807) is 73.7 Å². The zero-order valence-corrected chi connectivity index (χ0v) is 24.2. The second-order valence-corrected chi connectivity index (χ2v) is 10.9. The number of methoxy groups -OCH3 is 1. The Balaban J connectivity index is 1.81. The number of halogens is 3. The van der Waals surface area contributed by atoms with Crippen LogP contribution >= 0.6 is 23.2 Å². The summed E-state index contributed by atoms with van der Waals surface area (Å²) in [6, 6.07) is 19.3. The zero-order valence-electron chi connectivity index (χ0n) is 22.7. The summed E-state index contributed by atoms with van der Waals surface area (Å²) in [4.78, 5) is 32.2. The highest BCUT2D eigenvalue weighted by Gasteiger charge is 2.57. The number of nitrogens with zero attached hydrogens (tertiary/aromatic N) is 2. The van der Waals surface area contributed by atoms with Gasteiger partial charge in [0.25, 0.3) is 5.91 Å². The standard InChI is InChI=1S/C32H27Cl2FN2O5/c1-3-31(41,27-6-4-5-15-36-27)21-16-24-29(25(35)17-21)32(42-2,20-9-13-23(34)14-10-20)37(30(24)40)26(18-28(38)39)19-7-11-22(33)12-8-19/h4-17,26,41H,3,18H2,1-2H3,(H,38,39)/t26-,31+,32+/m0/s1. The van der Waals surface area contributed by atoms with Crippen LogP contribution in [0.4, 0.5) is 4.39 Å². The van der Waals surface area contributed by atoms with Crippen LogP contribution in [0.1, 0.15) is 64.1 Å². The van der Waals surface area contributed by atoms with E-state index in [0.29, 0.717) is 21.2 Å². The van der Waals surface area contributed by atoms with E-state index in [-0.39, 0.29) is 28.8 Å². The van der Waals surface area contributed by atoms with Gasteiger partial charge >= 0.3 is 5.97 Å². The minimum Gasteiger partial charge on any atom is -0.481 e. The summed E-state index contributed by atoms with van der Waals surface area (Å²) in [7, 11) is 1.33. The van der Waals surface area contributed by atoms with Crippen LogP contribution < -0.4 is 0 Å². The average Bonchev–Trinajstić information content (AvgIpc) is 3.25. The van der Waals surface area contributed by atoms with Crippen molar-refractivity contribution in [3.8, 4) is 0 Å². The molecule has 4 aromatic rings. The Kier molecular flexibility index (Phi) is 8.09. The fourth-order valence-corrected chi connectivity index (χ4v) is 5.99. The highest BCUT2D eigenvalue weighted by atomic mass is 35.5. The van der Waals surface area contributed by atoms with Crippen LogP contribution in [0.15, 0.2) is 85.1 Å². The fraction of sp³-hybridized carbons (Fsp3) is 0.219. The van der Waals surface area contributed by atoms with Crippen molar-refractivity contribution in [2.75, 3.05) is 7.11 Å². The van der Waals surface area contributed by atoms with Crippen molar-refractivity contribution in [3.05, 3.63) is 134 Å². The summed E-state index contributed by atoms with van der Waals surface area (Å²) in [6.45, 7) is 1.73. The number of aromatic nitrogens is 1. The zero-order chi connectivity index (χ0) is 30.2. The molecule has 3 aromatic carbocycles. The number of rotatable bonds is 9. The number of fused-ring (bicyclic) bond motifs is 1. The molecule has 2 N–H and O–H groups in total. The number of aliphatic hydroxyl groups is 1. The number of carboxylic acids is 1. The van der Waals surface area contributed by atoms with Crippen molar-refractivity contribution in [1.82, 2.24) is 9.88 Å². The van der Waals surface area contributed by atoms with Crippen LogP contribution in [0.5, 0.6) is 0 Å². The normalized spacial score (nSPS) is 18.4. The topological polar surface area (TPSA) is 100.0 Å². The number of amides is 1. The first-order valence-corrected chi connectivity index (χ1v) is 13.9. The molecule has 0 unspecified atom stereocenters. The lowest BCUT2D eigenvalue weighted by Crippen LogP contribution is -2.49. The molecule has 1 aliphatic heterocycles. The van der Waals surface area contributed by atoms with Crippen molar-refractivity contribution in [3.63, 3.8) is 0 Å². The van der Waals surface area contributed by atoms with Crippen molar-refractivity contribution in [2.45, 2.75) is 37.1 Å². The molecule has 1 aliphatic rings. The van der Waals surface area contributed by atoms with Crippen LogP contribution in [0.25, 0.3) is 0 Å². The van der Waals surface area contributed by atoms with E-state index in [1.807, 2.05) is 0 Å². The molecule has 0 saturated carbocycles. The first-order chi connectivity index (χ1) is 20.1. The molecular weight excluding hydrogens is 582 g/mol. The first kappa shape index (κ1) is 29.7. The van der Waals surface area contributed by atoms with Crippen LogP contribution in [0.2, 0.25) is 10.0 Å². The Morgan fingerprint density at radius 3 is 2.26 bits per heavy atom. The molecule has 5 rings (SSSR count). The van der Waals surface area contributed by atoms with Gasteiger partial charge in [0.05, 0.1) is 29.3 Å². The van der Waals surface area contributed by atoms with Crippen LogP contribution in [0.3, 0.4) is 0 Å². The number of hydrogen-bond acceptors (Lipinski definition) is 5. The summed E-state index contributed by atoms with van der Waals surface area (Å²) in [5, 5.41) is 22.5. The smallest absolute Gasteiger partial charge is 0.305 e. The highest BCUT2D eigenvalue weighted by Crippen LogP contribution is 2.52. The number of carbonyl (C=O) groups is 2. The van der Waals surface area contributed by atoms with Crippen molar-refractivity contribution in [2.24, 2.45) is 0 Å². The lowest BCUT2D eigenvalue weighted by Gasteiger charge is -2.42. The second-order valence-electron chi connectivity index (χ2n) is 10.0. The van der Waals surface area contributed by atoms with Gasteiger partial charge in [-0.15, -0.1) is 0 Å². The van der Waals surface area contributed by atoms with Gasteiger partial charge in [0, 0.05) is 28.9 Å². The minimum atomic E-state index is -1.88. The molecule has 216 valence electrons. The molecule has 0 saturated heterocycles. The summed E-state index contributed by atoms with van der Waals surface area (Å²) in [5.41, 5.74) is -2.55. The van der Waals surface area contributed by atoms with E-state index >= 15 is 4.39 Å². The number of carboxylic acid groups (broad SMARTS) is 1. The van der Waals surface area contributed by atoms with Gasteiger partial charge in [-0.1, -0.05) is 60.5 Å². The number of aliphatic carboxylic acids is 1. The maximum absolute atomic E-state index is 16.6. The van der Waals surface area contributed by atoms with Gasteiger partial charge in [0.15, 0.2) is 5.72 Å². The Bertz CT molecular complexity index is 1640. The summed E-state index contributed by atoms with van der Waals surface area (Å²) < 4.78 is 22.6. The Labute approximate surface area is 252 Å². The van der Waals surface area contributed by atoms with E-state index in [9.17, 15) is 19.8 Å². The van der Waals surface area contributed by atoms with Gasteiger partial charge in [0.2, 0.25) is 0 Å². The average molecular weight is 609 g/mol. The molecule has 1 aromatic heterocycles. The van der Waals surface area contributed by atoms with E-state index in [2.05, 4.69) is 4.98 Å². The molecule has 42 heavy (non-hydrogen) atoms. The van der Waals surface area contributed by atoms with Gasteiger partial charge in [-0.05, 0) is 66.1 Å². The molecule has 0 radical (unpaired) electrons. The van der Waals surface area contributed by atoms with Crippen molar-refractivity contribution >= 4 is 35.1 Å². The summed E-state index contributed by atoms with van der Waals surface area (Å²) in [6.07, 6.45) is 1.15. The molecule has 0 aliphatic carbocycles. The highest BCUT2D eigenvalue weighted by molar-refractivity contribution is 6.30. The lowest BCUT2D eigenvalue weighted by molar-refractivity contribution is -0.142. The van der Waals surface area contributed by atoms with Crippen LogP contribution in [-0.4, -0.2) is 39.1 Å². The largest absolute Gasteiger partial charge is 0.481 e. The van der Waals surface area contributed by atoms with Crippen LogP contribution in [0, 0.1) is 5.82 Å². The number of hydrogen-bond donors (Lipinski definition) is 2. The van der Waals surface area contributed by atoms with Gasteiger partial charge < -0.3 is 14.9 Å². The number of ether oxygens (including phenoxy) is 1. The predicted octanol–water partition coefficient (Wildman–Crippen LogP) is 6.69. The van der Waals surface area contributed by atoms with Gasteiger partial charge in [-0.2, -0.15) is 0 Å². The van der Waals surface area contributed by atoms with Crippen molar-refractivity contribution < 1.29 is 28.9 Å². The first-order valence-electron chi connectivity index (χ1n) is 13.2. The van der Waals surface area contributed by atoms with Crippen molar-refractivity contribution in [1.29, 1.82) is 0 Å². The number of benzene rings is 3. The number of pyridine rings is 1. The van der Waals surface area contributed by atoms with Gasteiger partial charge in [0.1, 0.15) is 11.4 Å². The lowest BCUT2D eigenvalue weighted by atomic mass is 9.84. The predicted molar refractivity (Wildman–Crippen MR) is 156 cm³/mol. The number of carbonyl (C=O) groups excluding carboxylic acids is 1. The molecule has 1 amide bonds. The third-order valence-electron chi connectivity index (χ3n) is 7.76. The fourth-order valence-electron chi connectivity index (χ4n) is 5.74. The van der Waals surface area contributed by atoms with E-state index in [0.717, 1.165) is 0 Å². The molecular formula is C32H27Cl2FN2O5. The molecule has 0 spiro atoms. The second kappa shape index (κ2) is 11.5. The maximum Gasteiger partial charge on any atom is 0.305 e. The van der Waals surface area contributed by atoms with Gasteiger partial charge in [-0.25, -0.2) is 4.39 Å². The molecule has 7 nitrogen and oxygen atoms in total. The minimum absolute atomic E-state index is 0.0750. The van der Waals surface area contributed by atoms with E-state index in [1.165, 1.54) is 30.3 Å². The quantitative estimate of drug-likeness (QED) is 0.219. The SMILES string of the molecule is CC[C@@](O)(c1cc(F)c2c(c1)C(=O)N([C@@H](CC(=O)O)c1ccc(Cl)cc1)[C@@]2(OC)c1ccc(Cl)cc1)c1ccccn1. The molecule has 2 heterocycles. The Morgan fingerprint density at radius 2 is 1.71 bits per heavy atom. The molecule has 0 bridgehead atoms. The van der Waals surface area contributed by atoms with Gasteiger partial charge in [-0.3, -0.25) is 19.5 Å². The van der Waals surface area contributed by atoms with E-state index < -0.39 is 41.5 Å². The summed E-state index contributed by atoms with van der Waals surface area (Å²) in [5.74, 6) is -2.68. The maximum atomic E-state index is 16.6. The van der Waals surface area contributed by atoms with Crippen LogP contribution in [-0.2, 0) is 20.9 Å². The Morgan fingerprint density at radius 1 is 1.07 bits per heavy atom. The molecule has 0 fully saturated rings. The third-order valence-corrected chi connectivity index (χ3v) is 8.26. The molecule has 3 atom stereocenters. The molecule has 10 heteroatoms. The third kappa shape index (κ3) is 4.84. The summed E-state index contributed by atoms with van der Waals surface area (Å²) >= 11 is 12.3.